The maximum atomic E-state index is 11.7. The fourth-order valence-electron chi connectivity index (χ4n) is 2.15. The van der Waals surface area contributed by atoms with Crippen LogP contribution >= 0.6 is 11.6 Å². The molecule has 6 nitrogen and oxygen atoms in total. The molecule has 0 saturated carbocycles. The highest BCUT2D eigenvalue weighted by Crippen LogP contribution is 2.42. The predicted molar refractivity (Wildman–Crippen MR) is 65.4 cm³/mol. The van der Waals surface area contributed by atoms with Crippen LogP contribution in [0.25, 0.3) is 10.8 Å². The first kappa shape index (κ1) is 11.6. The number of benzene rings is 2. The van der Waals surface area contributed by atoms with E-state index in [1.165, 1.54) is 0 Å². The molecule has 0 radical (unpaired) electrons. The van der Waals surface area contributed by atoms with Crippen LogP contribution in [0.5, 0.6) is 0 Å². The molecule has 0 spiro atoms. The van der Waals surface area contributed by atoms with Gasteiger partial charge in [0.25, 0.3) is 0 Å². The molecular formula is C12H4ClNO5. The number of hydrogen-bond acceptors (Lipinski definition) is 5. The molecule has 0 fully saturated rings. The third-order valence-electron chi connectivity index (χ3n) is 2.90. The van der Waals surface area contributed by atoms with E-state index in [0.717, 1.165) is 0 Å². The zero-order valence-corrected chi connectivity index (χ0v) is 9.93. The topological polar surface area (TPSA) is 86.5 Å². The van der Waals surface area contributed by atoms with E-state index in [0.29, 0.717) is 10.8 Å². The highest BCUT2D eigenvalue weighted by molar-refractivity contribution is 6.40. The molecule has 2 aromatic rings. The third kappa shape index (κ3) is 1.43. The molecule has 0 amide bonds. The minimum atomic E-state index is -1.04. The quantitative estimate of drug-likeness (QED) is 0.346. The lowest BCUT2D eigenvalue weighted by atomic mass is 9.98. The minimum absolute atomic E-state index is 0.100. The van der Waals surface area contributed by atoms with Gasteiger partial charge in [-0.25, -0.2) is 9.59 Å². The molecule has 0 aromatic heterocycles. The van der Waals surface area contributed by atoms with Gasteiger partial charge in [0.05, 0.1) is 10.5 Å². The zero-order chi connectivity index (χ0) is 13.7. The van der Waals surface area contributed by atoms with Gasteiger partial charge in [0, 0.05) is 5.39 Å². The lowest BCUT2D eigenvalue weighted by molar-refractivity contribution is -0.384. The summed E-state index contributed by atoms with van der Waals surface area (Å²) in [6.07, 6.45) is 0. The molecule has 1 aliphatic rings. The number of esters is 2. The number of halogens is 1. The summed E-state index contributed by atoms with van der Waals surface area (Å²) < 4.78 is 4.44. The Labute approximate surface area is 110 Å². The van der Waals surface area contributed by atoms with Gasteiger partial charge in [-0.3, -0.25) is 10.1 Å². The van der Waals surface area contributed by atoms with Crippen molar-refractivity contribution in [3.05, 3.63) is 50.5 Å². The number of ether oxygens (including phenoxy) is 1. The fourth-order valence-corrected chi connectivity index (χ4v) is 2.48. The largest absolute Gasteiger partial charge is 0.385 e. The second-order valence-electron chi connectivity index (χ2n) is 3.89. The minimum Gasteiger partial charge on any atom is -0.385 e. The molecule has 0 atom stereocenters. The molecule has 0 unspecified atom stereocenters. The van der Waals surface area contributed by atoms with E-state index in [1.54, 1.807) is 24.3 Å². The van der Waals surface area contributed by atoms with E-state index >= 15 is 0 Å². The van der Waals surface area contributed by atoms with Gasteiger partial charge in [0.15, 0.2) is 5.56 Å². The van der Waals surface area contributed by atoms with Crippen LogP contribution in [-0.2, 0) is 4.74 Å². The Kier molecular flexibility index (Phi) is 2.30. The number of nitro benzene ring substituents is 1. The lowest BCUT2D eigenvalue weighted by Crippen LogP contribution is -2.02. The summed E-state index contributed by atoms with van der Waals surface area (Å²) in [5.41, 5.74) is -1.07. The van der Waals surface area contributed by atoms with Gasteiger partial charge < -0.3 is 4.74 Å². The normalized spacial score (nSPS) is 13.5. The summed E-state index contributed by atoms with van der Waals surface area (Å²) in [5, 5.41) is 11.6. The Morgan fingerprint density at radius 1 is 1.05 bits per heavy atom. The van der Waals surface area contributed by atoms with E-state index in [4.69, 9.17) is 11.6 Å². The molecule has 3 rings (SSSR count). The van der Waals surface area contributed by atoms with Crippen molar-refractivity contribution in [3.63, 3.8) is 0 Å². The van der Waals surface area contributed by atoms with Gasteiger partial charge in [0.1, 0.15) is 5.02 Å². The van der Waals surface area contributed by atoms with Gasteiger partial charge in [-0.15, -0.1) is 0 Å². The number of hydrogen-bond donors (Lipinski definition) is 0. The Morgan fingerprint density at radius 3 is 2.26 bits per heavy atom. The highest BCUT2D eigenvalue weighted by Gasteiger charge is 2.41. The second-order valence-corrected chi connectivity index (χ2v) is 4.27. The van der Waals surface area contributed by atoms with Crippen molar-refractivity contribution in [2.75, 3.05) is 0 Å². The number of cyclic esters (lactones) is 2. The van der Waals surface area contributed by atoms with Crippen LogP contribution in [0, 0.1) is 10.1 Å². The maximum absolute atomic E-state index is 11.7. The number of fused-ring (bicyclic) bond motifs is 3. The average molecular weight is 278 g/mol. The highest BCUT2D eigenvalue weighted by atomic mass is 35.5. The van der Waals surface area contributed by atoms with Crippen LogP contribution in [0.1, 0.15) is 20.7 Å². The predicted octanol–water partition coefficient (Wildman–Crippen LogP) is 2.71. The monoisotopic (exact) mass is 277 g/mol. The molecule has 0 bridgehead atoms. The van der Waals surface area contributed by atoms with Crippen molar-refractivity contribution in [2.45, 2.75) is 0 Å². The van der Waals surface area contributed by atoms with Crippen molar-refractivity contribution in [3.8, 4) is 0 Å². The van der Waals surface area contributed by atoms with Crippen molar-refractivity contribution < 1.29 is 19.2 Å². The van der Waals surface area contributed by atoms with Gasteiger partial charge in [-0.2, -0.15) is 0 Å². The van der Waals surface area contributed by atoms with Crippen molar-refractivity contribution in [1.29, 1.82) is 0 Å². The van der Waals surface area contributed by atoms with Crippen LogP contribution < -0.4 is 0 Å². The smallest absolute Gasteiger partial charge is 0.354 e. The number of nitro groups is 1. The van der Waals surface area contributed by atoms with Crippen LogP contribution in [0.2, 0.25) is 5.02 Å². The third-order valence-corrected chi connectivity index (χ3v) is 3.29. The van der Waals surface area contributed by atoms with E-state index in [2.05, 4.69) is 4.74 Å². The zero-order valence-electron chi connectivity index (χ0n) is 9.18. The molecule has 7 heteroatoms. The Bertz CT molecular complexity index is 783. The van der Waals surface area contributed by atoms with E-state index in [1.807, 2.05) is 0 Å². The number of rotatable bonds is 1. The fraction of sp³-hybridized carbons (Fsp3) is 0. The Morgan fingerprint density at radius 2 is 1.63 bits per heavy atom. The van der Waals surface area contributed by atoms with E-state index < -0.39 is 22.5 Å². The first-order chi connectivity index (χ1) is 9.02. The van der Waals surface area contributed by atoms with Gasteiger partial charge in [-0.1, -0.05) is 35.9 Å². The summed E-state index contributed by atoms with van der Waals surface area (Å²) in [6.45, 7) is 0. The molecule has 0 saturated heterocycles. The number of nitrogens with zero attached hydrogens (tertiary/aromatic N) is 1. The second kappa shape index (κ2) is 3.76. The van der Waals surface area contributed by atoms with Crippen LogP contribution in [0.15, 0.2) is 24.3 Å². The molecule has 2 aromatic carbocycles. The number of carbonyl (C=O) groups excluding carboxylic acids is 2. The Hall–Kier alpha value is -2.47. The van der Waals surface area contributed by atoms with Crippen molar-refractivity contribution in [2.24, 2.45) is 0 Å². The average Bonchev–Trinajstić information content (AvgIpc) is 2.65. The SMILES string of the molecule is O=C1OC(=O)c2c1c([N+](=O)[O-])c(Cl)c1ccccc21. The first-order valence-corrected chi connectivity index (χ1v) is 5.55. The van der Waals surface area contributed by atoms with Crippen LogP contribution in [0.3, 0.4) is 0 Å². The van der Waals surface area contributed by atoms with Crippen LogP contribution in [0.4, 0.5) is 5.69 Å². The number of carbonyl (C=O) groups is 2. The summed E-state index contributed by atoms with van der Waals surface area (Å²) in [5.74, 6) is -1.93. The lowest BCUT2D eigenvalue weighted by Gasteiger charge is -2.05. The van der Waals surface area contributed by atoms with Crippen LogP contribution in [-0.4, -0.2) is 16.9 Å². The summed E-state index contributed by atoms with van der Waals surface area (Å²) in [6, 6.07) is 6.37. The van der Waals surface area contributed by atoms with Crippen molar-refractivity contribution >= 4 is 40.0 Å². The van der Waals surface area contributed by atoms with E-state index in [-0.39, 0.29) is 16.1 Å². The molecule has 0 aliphatic carbocycles. The maximum Gasteiger partial charge on any atom is 0.354 e. The molecular weight excluding hydrogens is 274 g/mol. The molecule has 0 N–H and O–H groups in total. The van der Waals surface area contributed by atoms with Crippen molar-refractivity contribution in [1.82, 2.24) is 0 Å². The summed E-state index contributed by atoms with van der Waals surface area (Å²) in [4.78, 5) is 33.6. The van der Waals surface area contributed by atoms with Gasteiger partial charge in [0.2, 0.25) is 0 Å². The van der Waals surface area contributed by atoms with Gasteiger partial charge >= 0.3 is 17.6 Å². The van der Waals surface area contributed by atoms with E-state index in [9.17, 15) is 19.7 Å². The molecule has 1 aliphatic heterocycles. The first-order valence-electron chi connectivity index (χ1n) is 5.17. The summed E-state index contributed by atoms with van der Waals surface area (Å²) in [7, 11) is 0. The standard InChI is InChI=1S/C12H4ClNO5/c13-9-6-4-2-1-3-5(6)7-8(10(9)14(17)18)12(16)19-11(7)15/h1-4H. The molecule has 94 valence electrons. The molecule has 19 heavy (non-hydrogen) atoms. The molecule has 1 heterocycles. The summed E-state index contributed by atoms with van der Waals surface area (Å²) >= 11 is 5.97. The Balaban J connectivity index is 2.61. The van der Waals surface area contributed by atoms with Gasteiger partial charge in [-0.05, 0) is 5.39 Å².